The lowest BCUT2D eigenvalue weighted by Crippen LogP contribution is -2.17. The van der Waals surface area contributed by atoms with E-state index in [4.69, 9.17) is 5.11 Å². The molecule has 0 aromatic heterocycles. The first-order chi connectivity index (χ1) is 6.52. The third kappa shape index (κ3) is 2.78. The molecule has 2 unspecified atom stereocenters. The van der Waals surface area contributed by atoms with E-state index in [0.717, 1.165) is 0 Å². The third-order valence-corrected chi connectivity index (χ3v) is 4.35. The quantitative estimate of drug-likeness (QED) is 0.867. The molecule has 0 saturated heterocycles. The molecule has 0 bridgehead atoms. The molecule has 1 rings (SSSR count). The van der Waals surface area contributed by atoms with Crippen molar-refractivity contribution in [1.29, 1.82) is 0 Å². The normalized spacial score (nSPS) is 14.8. The molecule has 0 aliphatic rings. The minimum absolute atomic E-state index is 0.378. The molecule has 0 aliphatic carbocycles. The van der Waals surface area contributed by atoms with Gasteiger partial charge in [0, 0.05) is 0 Å². The van der Waals surface area contributed by atoms with Crippen molar-refractivity contribution in [2.24, 2.45) is 0 Å². The zero-order valence-corrected chi connectivity index (χ0v) is 10.1. The van der Waals surface area contributed by atoms with E-state index in [1.807, 2.05) is 0 Å². The van der Waals surface area contributed by atoms with Crippen LogP contribution in [0.15, 0.2) is 24.3 Å². The molecule has 0 fully saturated rings. The highest BCUT2D eigenvalue weighted by Crippen LogP contribution is 2.31. The Morgan fingerprint density at radius 2 is 2.07 bits per heavy atom. The molecule has 0 spiro atoms. The minimum Gasteiger partial charge on any atom is -0.480 e. The number of carbonyl (C=O) groups is 1. The van der Waals surface area contributed by atoms with E-state index in [9.17, 15) is 9.18 Å². The maximum absolute atomic E-state index is 12.8. The lowest BCUT2D eigenvalue weighted by atomic mass is 10.1. The topological polar surface area (TPSA) is 37.3 Å². The van der Waals surface area contributed by atoms with Gasteiger partial charge >= 0.3 is 5.97 Å². The van der Waals surface area contributed by atoms with Crippen molar-refractivity contribution in [2.45, 2.75) is 9.65 Å². The van der Waals surface area contributed by atoms with Gasteiger partial charge in [-0.3, -0.25) is 4.79 Å². The van der Waals surface area contributed by atoms with Crippen molar-refractivity contribution in [3.63, 3.8) is 0 Å². The average molecular weight is 326 g/mol. The van der Waals surface area contributed by atoms with Gasteiger partial charge < -0.3 is 5.11 Å². The van der Waals surface area contributed by atoms with Gasteiger partial charge in [0.2, 0.25) is 0 Å². The SMILES string of the molecule is O=C(O)C(Br)C(Br)c1cccc(F)c1. The molecule has 1 N–H and O–H groups in total. The predicted molar refractivity (Wildman–Crippen MR) is 58.4 cm³/mol. The number of carboxylic acid groups (broad SMARTS) is 1. The molecule has 2 nitrogen and oxygen atoms in total. The van der Waals surface area contributed by atoms with Crippen LogP contribution < -0.4 is 0 Å². The van der Waals surface area contributed by atoms with E-state index < -0.39 is 15.6 Å². The van der Waals surface area contributed by atoms with Gasteiger partial charge in [-0.2, -0.15) is 0 Å². The van der Waals surface area contributed by atoms with Crippen molar-refractivity contribution >= 4 is 37.8 Å². The van der Waals surface area contributed by atoms with Crippen molar-refractivity contribution in [3.05, 3.63) is 35.6 Å². The van der Waals surface area contributed by atoms with Gasteiger partial charge in [0.25, 0.3) is 0 Å². The lowest BCUT2D eigenvalue weighted by Gasteiger charge is -2.12. The highest BCUT2D eigenvalue weighted by atomic mass is 79.9. The van der Waals surface area contributed by atoms with E-state index in [2.05, 4.69) is 31.9 Å². The zero-order valence-electron chi connectivity index (χ0n) is 6.95. The van der Waals surface area contributed by atoms with Crippen LogP contribution in [0.1, 0.15) is 10.4 Å². The summed E-state index contributed by atoms with van der Waals surface area (Å²) in [5.74, 6) is -1.37. The Morgan fingerprint density at radius 1 is 1.43 bits per heavy atom. The van der Waals surface area contributed by atoms with Crippen molar-refractivity contribution in [2.75, 3.05) is 0 Å². The molecule has 14 heavy (non-hydrogen) atoms. The van der Waals surface area contributed by atoms with Gasteiger partial charge in [-0.25, -0.2) is 4.39 Å². The molecule has 2 atom stereocenters. The number of hydrogen-bond acceptors (Lipinski definition) is 1. The van der Waals surface area contributed by atoms with E-state index in [0.29, 0.717) is 5.56 Å². The summed E-state index contributed by atoms with van der Waals surface area (Å²) in [6.07, 6.45) is 0. The Balaban J connectivity index is 2.89. The molecule has 1 aromatic rings. The summed E-state index contributed by atoms with van der Waals surface area (Å²) in [7, 11) is 0. The highest BCUT2D eigenvalue weighted by Gasteiger charge is 2.24. The van der Waals surface area contributed by atoms with Gasteiger partial charge in [-0.1, -0.05) is 44.0 Å². The van der Waals surface area contributed by atoms with Crippen LogP contribution >= 0.6 is 31.9 Å². The fraction of sp³-hybridized carbons (Fsp3) is 0.222. The Morgan fingerprint density at radius 3 is 2.57 bits per heavy atom. The summed E-state index contributed by atoms with van der Waals surface area (Å²) in [5, 5.41) is 8.71. The van der Waals surface area contributed by atoms with Crippen LogP contribution in [0.25, 0.3) is 0 Å². The van der Waals surface area contributed by atoms with Gasteiger partial charge in [0.05, 0.1) is 4.83 Å². The molecule has 76 valence electrons. The Labute approximate surface area is 97.4 Å². The summed E-state index contributed by atoms with van der Waals surface area (Å²) < 4.78 is 12.8. The molecule has 5 heteroatoms. The van der Waals surface area contributed by atoms with Crippen LogP contribution in [0.4, 0.5) is 4.39 Å². The van der Waals surface area contributed by atoms with Crippen LogP contribution in [0.5, 0.6) is 0 Å². The maximum atomic E-state index is 12.8. The van der Waals surface area contributed by atoms with Crippen LogP contribution in [0.2, 0.25) is 0 Å². The van der Waals surface area contributed by atoms with Gasteiger partial charge in [0.15, 0.2) is 0 Å². The number of alkyl halides is 2. The van der Waals surface area contributed by atoms with E-state index in [1.165, 1.54) is 12.1 Å². The van der Waals surface area contributed by atoms with Crippen LogP contribution in [0.3, 0.4) is 0 Å². The van der Waals surface area contributed by atoms with Crippen LogP contribution in [-0.2, 0) is 4.79 Å². The van der Waals surface area contributed by atoms with Crippen molar-refractivity contribution in [1.82, 2.24) is 0 Å². The summed E-state index contributed by atoms with van der Waals surface area (Å²) in [6, 6.07) is 5.82. The number of carboxylic acids is 1. The molecule has 0 radical (unpaired) electrons. The van der Waals surface area contributed by atoms with E-state index in [1.54, 1.807) is 12.1 Å². The third-order valence-electron chi connectivity index (χ3n) is 1.66. The number of benzene rings is 1. The average Bonchev–Trinajstić information content (AvgIpc) is 2.15. The summed E-state index contributed by atoms with van der Waals surface area (Å²) in [5.41, 5.74) is 0.592. The summed E-state index contributed by atoms with van der Waals surface area (Å²) >= 11 is 6.19. The first kappa shape index (κ1) is 11.7. The molecule has 0 aliphatic heterocycles. The monoisotopic (exact) mass is 324 g/mol. The number of halogens is 3. The fourth-order valence-corrected chi connectivity index (χ4v) is 1.79. The van der Waals surface area contributed by atoms with Crippen molar-refractivity contribution < 1.29 is 14.3 Å². The predicted octanol–water partition coefficient (Wildman–Crippen LogP) is 3.11. The molecular weight excluding hydrogens is 319 g/mol. The second-order valence-corrected chi connectivity index (χ2v) is 4.67. The van der Waals surface area contributed by atoms with Gasteiger partial charge in [-0.05, 0) is 17.7 Å². The molecule has 0 heterocycles. The Hall–Kier alpha value is -0.420. The fourth-order valence-electron chi connectivity index (χ4n) is 0.972. The second kappa shape index (κ2) is 4.89. The summed E-state index contributed by atoms with van der Waals surface area (Å²) in [4.78, 5) is 9.41. The zero-order chi connectivity index (χ0) is 10.7. The van der Waals surface area contributed by atoms with Gasteiger partial charge in [-0.15, -0.1) is 0 Å². The van der Waals surface area contributed by atoms with E-state index >= 15 is 0 Å². The van der Waals surface area contributed by atoms with Gasteiger partial charge in [0.1, 0.15) is 10.6 Å². The lowest BCUT2D eigenvalue weighted by molar-refractivity contribution is -0.136. The maximum Gasteiger partial charge on any atom is 0.318 e. The van der Waals surface area contributed by atoms with Crippen LogP contribution in [0, 0.1) is 5.82 Å². The van der Waals surface area contributed by atoms with Crippen molar-refractivity contribution in [3.8, 4) is 0 Å². The molecular formula is C9H7Br2FO2. The second-order valence-electron chi connectivity index (χ2n) is 2.70. The molecule has 0 amide bonds. The summed E-state index contributed by atoms with van der Waals surface area (Å²) in [6.45, 7) is 0. The Kier molecular flexibility index (Phi) is 4.07. The Bertz CT molecular complexity index is 343. The van der Waals surface area contributed by atoms with Crippen LogP contribution in [-0.4, -0.2) is 15.9 Å². The number of hydrogen-bond donors (Lipinski definition) is 1. The van der Waals surface area contributed by atoms with E-state index in [-0.39, 0.29) is 5.82 Å². The molecule has 1 aromatic carbocycles. The minimum atomic E-state index is -0.990. The first-order valence-electron chi connectivity index (χ1n) is 3.79. The molecule has 0 saturated carbocycles. The number of aliphatic carboxylic acids is 1. The largest absolute Gasteiger partial charge is 0.480 e. The standard InChI is InChI=1S/C9H7Br2FO2/c10-7(8(11)9(13)14)5-2-1-3-6(12)4-5/h1-4,7-8H,(H,13,14). The highest BCUT2D eigenvalue weighted by molar-refractivity contribution is 9.12. The first-order valence-corrected chi connectivity index (χ1v) is 5.62. The smallest absolute Gasteiger partial charge is 0.318 e. The number of rotatable bonds is 3.